The number of benzene rings is 1. The van der Waals surface area contributed by atoms with Crippen LogP contribution in [0, 0.1) is 0 Å². The summed E-state index contributed by atoms with van der Waals surface area (Å²) in [6.45, 7) is -0.00648. The van der Waals surface area contributed by atoms with Crippen LogP contribution in [0.3, 0.4) is 0 Å². The first-order chi connectivity index (χ1) is 6.89. The van der Waals surface area contributed by atoms with Crippen molar-refractivity contribution in [2.75, 3.05) is 0 Å². The van der Waals surface area contributed by atoms with Gasteiger partial charge in [-0.15, -0.1) is 0 Å². The molecule has 0 aliphatic heterocycles. The van der Waals surface area contributed by atoms with Gasteiger partial charge in [-0.05, 0) is 17.7 Å². The Hall–Kier alpha value is -1.72. The molecular formula is C9H8F3NO2. The Labute approximate surface area is 83.5 Å². The molecule has 3 nitrogen and oxygen atoms in total. The number of hydrogen-bond donors (Lipinski definition) is 2. The molecule has 1 aromatic rings. The zero-order valence-electron chi connectivity index (χ0n) is 7.51. The van der Waals surface area contributed by atoms with Gasteiger partial charge in [-0.2, -0.15) is 13.2 Å². The molecule has 0 spiro atoms. The fraction of sp³-hybridized carbons (Fsp3) is 0.222. The van der Waals surface area contributed by atoms with Crippen molar-refractivity contribution in [3.8, 4) is 0 Å². The number of carboxylic acid groups (broad SMARTS) is 1. The van der Waals surface area contributed by atoms with E-state index in [1.165, 1.54) is 12.1 Å². The quantitative estimate of drug-likeness (QED) is 0.802. The average molecular weight is 219 g/mol. The number of hydrogen-bond acceptors (Lipinski definition) is 1. The van der Waals surface area contributed by atoms with Crippen molar-refractivity contribution in [2.24, 2.45) is 0 Å². The molecule has 1 aromatic carbocycles. The predicted molar refractivity (Wildman–Crippen MR) is 46.3 cm³/mol. The highest BCUT2D eigenvalue weighted by atomic mass is 19.4. The normalized spacial score (nSPS) is 11.1. The van der Waals surface area contributed by atoms with E-state index in [9.17, 15) is 18.0 Å². The van der Waals surface area contributed by atoms with Gasteiger partial charge in [0.1, 0.15) is 0 Å². The molecule has 15 heavy (non-hydrogen) atoms. The van der Waals surface area contributed by atoms with E-state index in [2.05, 4.69) is 5.32 Å². The summed E-state index contributed by atoms with van der Waals surface area (Å²) in [7, 11) is 0. The molecule has 1 amide bonds. The second kappa shape index (κ2) is 4.20. The van der Waals surface area contributed by atoms with Crippen LogP contribution in [-0.2, 0) is 12.7 Å². The van der Waals surface area contributed by atoms with E-state index in [0.717, 1.165) is 12.1 Å². The number of halogens is 3. The molecule has 0 heterocycles. The summed E-state index contributed by atoms with van der Waals surface area (Å²) in [5.74, 6) is 0. The number of carbonyl (C=O) groups is 1. The largest absolute Gasteiger partial charge is 0.465 e. The summed E-state index contributed by atoms with van der Waals surface area (Å²) in [5.41, 5.74) is -0.271. The molecule has 0 bridgehead atoms. The van der Waals surface area contributed by atoms with E-state index in [4.69, 9.17) is 5.11 Å². The maximum atomic E-state index is 12.1. The van der Waals surface area contributed by atoms with E-state index >= 15 is 0 Å². The third-order valence-corrected chi connectivity index (χ3v) is 1.73. The maximum absolute atomic E-state index is 12.1. The molecule has 0 fully saturated rings. The monoisotopic (exact) mass is 219 g/mol. The smallest absolute Gasteiger partial charge is 0.416 e. The van der Waals surface area contributed by atoms with E-state index < -0.39 is 17.8 Å². The second-order valence-corrected chi connectivity index (χ2v) is 2.85. The Morgan fingerprint density at radius 2 is 1.80 bits per heavy atom. The number of nitrogens with one attached hydrogen (secondary N) is 1. The lowest BCUT2D eigenvalue weighted by Crippen LogP contribution is -2.19. The summed E-state index contributed by atoms with van der Waals surface area (Å²) < 4.78 is 36.4. The molecule has 82 valence electrons. The molecule has 0 aliphatic rings. The highest BCUT2D eigenvalue weighted by Gasteiger charge is 2.29. The van der Waals surface area contributed by atoms with E-state index in [0.29, 0.717) is 5.56 Å². The lowest BCUT2D eigenvalue weighted by molar-refractivity contribution is -0.137. The first kappa shape index (κ1) is 11.4. The van der Waals surface area contributed by atoms with Crippen LogP contribution in [0.25, 0.3) is 0 Å². The van der Waals surface area contributed by atoms with Gasteiger partial charge in [0.25, 0.3) is 0 Å². The Kier molecular flexibility index (Phi) is 3.18. The van der Waals surface area contributed by atoms with E-state index in [1.807, 2.05) is 0 Å². The SMILES string of the molecule is O=C(O)NCc1ccc(C(F)(F)F)cc1. The van der Waals surface area contributed by atoms with Crippen molar-refractivity contribution in [2.45, 2.75) is 12.7 Å². The van der Waals surface area contributed by atoms with Crippen LogP contribution in [0.15, 0.2) is 24.3 Å². The molecule has 0 radical (unpaired) electrons. The highest BCUT2D eigenvalue weighted by molar-refractivity contribution is 5.64. The minimum Gasteiger partial charge on any atom is -0.465 e. The number of alkyl halides is 3. The molecular weight excluding hydrogens is 211 g/mol. The van der Waals surface area contributed by atoms with E-state index in [-0.39, 0.29) is 6.54 Å². The van der Waals surface area contributed by atoms with Crippen molar-refractivity contribution in [3.05, 3.63) is 35.4 Å². The van der Waals surface area contributed by atoms with Crippen molar-refractivity contribution in [1.29, 1.82) is 0 Å². The Morgan fingerprint density at radius 3 is 2.20 bits per heavy atom. The maximum Gasteiger partial charge on any atom is 0.416 e. The molecule has 0 saturated heterocycles. The minimum absolute atomic E-state index is 0.00648. The topological polar surface area (TPSA) is 49.3 Å². The van der Waals surface area contributed by atoms with Crippen LogP contribution in [-0.4, -0.2) is 11.2 Å². The zero-order valence-corrected chi connectivity index (χ0v) is 7.51. The molecule has 0 unspecified atom stereocenters. The van der Waals surface area contributed by atoms with Gasteiger partial charge in [0.05, 0.1) is 5.56 Å². The van der Waals surface area contributed by atoms with Gasteiger partial charge in [0, 0.05) is 6.54 Å². The third kappa shape index (κ3) is 3.49. The van der Waals surface area contributed by atoms with Crippen molar-refractivity contribution >= 4 is 6.09 Å². The fourth-order valence-electron chi connectivity index (χ4n) is 0.989. The van der Waals surface area contributed by atoms with Gasteiger partial charge in [-0.25, -0.2) is 4.79 Å². The second-order valence-electron chi connectivity index (χ2n) is 2.85. The molecule has 0 atom stereocenters. The average Bonchev–Trinajstić information content (AvgIpc) is 2.14. The summed E-state index contributed by atoms with van der Waals surface area (Å²) >= 11 is 0. The summed E-state index contributed by atoms with van der Waals surface area (Å²) in [4.78, 5) is 10.1. The fourth-order valence-corrected chi connectivity index (χ4v) is 0.989. The van der Waals surface area contributed by atoms with Gasteiger partial charge < -0.3 is 10.4 Å². The number of amides is 1. The highest BCUT2D eigenvalue weighted by Crippen LogP contribution is 2.28. The summed E-state index contributed by atoms with van der Waals surface area (Å²) in [5, 5.41) is 10.3. The minimum atomic E-state index is -4.36. The van der Waals surface area contributed by atoms with Gasteiger partial charge >= 0.3 is 12.3 Å². The van der Waals surface area contributed by atoms with Crippen LogP contribution >= 0.6 is 0 Å². The van der Waals surface area contributed by atoms with Crippen LogP contribution in [0.4, 0.5) is 18.0 Å². The van der Waals surface area contributed by atoms with Crippen LogP contribution in [0.1, 0.15) is 11.1 Å². The van der Waals surface area contributed by atoms with Crippen molar-refractivity contribution < 1.29 is 23.1 Å². The van der Waals surface area contributed by atoms with Gasteiger partial charge in [0.15, 0.2) is 0 Å². The van der Waals surface area contributed by atoms with Crippen LogP contribution < -0.4 is 5.32 Å². The van der Waals surface area contributed by atoms with Crippen LogP contribution in [0.5, 0.6) is 0 Å². The molecule has 2 N–H and O–H groups in total. The van der Waals surface area contributed by atoms with Crippen molar-refractivity contribution in [1.82, 2.24) is 5.32 Å². The van der Waals surface area contributed by atoms with E-state index in [1.54, 1.807) is 0 Å². The zero-order chi connectivity index (χ0) is 11.5. The van der Waals surface area contributed by atoms with Gasteiger partial charge in [-0.1, -0.05) is 12.1 Å². The standard InChI is InChI=1S/C9H8F3NO2/c10-9(11,12)7-3-1-6(2-4-7)5-13-8(14)15/h1-4,13H,5H2,(H,14,15). The first-order valence-corrected chi connectivity index (χ1v) is 4.02. The third-order valence-electron chi connectivity index (χ3n) is 1.73. The molecule has 6 heteroatoms. The predicted octanol–water partition coefficient (Wildman–Crippen LogP) is 2.47. The Morgan fingerprint density at radius 1 is 1.27 bits per heavy atom. The lowest BCUT2D eigenvalue weighted by Gasteiger charge is -2.07. The molecule has 0 aliphatic carbocycles. The van der Waals surface area contributed by atoms with Crippen molar-refractivity contribution in [3.63, 3.8) is 0 Å². The molecule has 1 rings (SSSR count). The van der Waals surface area contributed by atoms with Gasteiger partial charge in [-0.3, -0.25) is 0 Å². The Balaban J connectivity index is 2.69. The van der Waals surface area contributed by atoms with Crippen LogP contribution in [0.2, 0.25) is 0 Å². The summed E-state index contributed by atoms with van der Waals surface area (Å²) in [6.07, 6.45) is -5.58. The Bertz CT molecular complexity index is 345. The first-order valence-electron chi connectivity index (χ1n) is 4.02. The van der Waals surface area contributed by atoms with Gasteiger partial charge in [0.2, 0.25) is 0 Å². The lowest BCUT2D eigenvalue weighted by atomic mass is 10.1. The summed E-state index contributed by atoms with van der Waals surface area (Å²) in [6, 6.07) is 4.30. The molecule has 0 aromatic heterocycles. The number of rotatable bonds is 2. The molecule has 0 saturated carbocycles.